The highest BCUT2D eigenvalue weighted by atomic mass is 16.6. The SMILES string of the molecule is COc1cc(C(=O)OCCN(C)CC(C)(OC(=O)c2cc(OC)c(OC)c(OC)c2)c2c(C)c3ccc(NC(=O)N(C)CCOC(=O)c4cc(OC)c(OC)c(OC)c4)cc3oc2=O)cc(OC)c1OC. The lowest BCUT2D eigenvalue weighted by molar-refractivity contribution is -0.0296. The number of carbonyl (C=O) groups excluding carboxylic acids is 4. The van der Waals surface area contributed by atoms with Gasteiger partial charge in [-0.15, -0.1) is 0 Å². The predicted molar refractivity (Wildman–Crippen MR) is 258 cm³/mol. The zero-order valence-electron chi connectivity index (χ0n) is 42.0. The third-order valence-corrected chi connectivity index (χ3v) is 11.3. The molecular formula is C50H59N3O18. The molecule has 0 aliphatic heterocycles. The molecule has 4 aromatic carbocycles. The van der Waals surface area contributed by atoms with Crippen LogP contribution in [0.25, 0.3) is 11.0 Å². The number of nitrogens with zero attached hydrogens (tertiary/aromatic N) is 2. The first-order chi connectivity index (χ1) is 33.9. The van der Waals surface area contributed by atoms with Crippen LogP contribution in [0.4, 0.5) is 10.5 Å². The first-order valence-electron chi connectivity index (χ1n) is 21.7. The number of likely N-dealkylation sites (N-methyl/N-ethyl adjacent to an activating group) is 2. The summed E-state index contributed by atoms with van der Waals surface area (Å²) in [6.45, 7) is 3.04. The smallest absolute Gasteiger partial charge is 0.343 e. The van der Waals surface area contributed by atoms with Crippen molar-refractivity contribution in [1.29, 1.82) is 0 Å². The van der Waals surface area contributed by atoms with E-state index in [4.69, 9.17) is 61.3 Å². The highest BCUT2D eigenvalue weighted by Gasteiger charge is 2.39. The molecule has 21 heteroatoms. The van der Waals surface area contributed by atoms with Gasteiger partial charge in [-0.3, -0.25) is 4.90 Å². The van der Waals surface area contributed by atoms with E-state index in [1.807, 2.05) is 0 Å². The van der Waals surface area contributed by atoms with Crippen molar-refractivity contribution in [3.8, 4) is 51.7 Å². The molecule has 0 fully saturated rings. The van der Waals surface area contributed by atoms with Crippen LogP contribution in [0, 0.1) is 6.92 Å². The molecule has 0 radical (unpaired) electrons. The first-order valence-corrected chi connectivity index (χ1v) is 21.7. The average Bonchev–Trinajstić information content (AvgIpc) is 3.36. The van der Waals surface area contributed by atoms with E-state index < -0.39 is 35.2 Å². The van der Waals surface area contributed by atoms with Crippen LogP contribution in [0.3, 0.4) is 0 Å². The van der Waals surface area contributed by atoms with Crippen LogP contribution in [0.2, 0.25) is 0 Å². The molecular weight excluding hydrogens is 931 g/mol. The van der Waals surface area contributed by atoms with E-state index in [0.29, 0.717) is 22.4 Å². The zero-order valence-corrected chi connectivity index (χ0v) is 42.0. The number of aryl methyl sites for hydroxylation is 1. The summed E-state index contributed by atoms with van der Waals surface area (Å²) in [5.74, 6) is 0.141. The number of anilines is 1. The molecule has 71 heavy (non-hydrogen) atoms. The van der Waals surface area contributed by atoms with Crippen LogP contribution in [0.1, 0.15) is 49.1 Å². The van der Waals surface area contributed by atoms with E-state index in [-0.39, 0.29) is 107 Å². The van der Waals surface area contributed by atoms with Gasteiger partial charge < -0.3 is 71.5 Å². The summed E-state index contributed by atoms with van der Waals surface area (Å²) in [5, 5.41) is 3.23. The first kappa shape index (κ1) is 53.9. The number of ether oxygens (including phenoxy) is 12. The molecule has 0 bridgehead atoms. The van der Waals surface area contributed by atoms with E-state index >= 15 is 0 Å². The molecule has 0 aliphatic rings. The normalized spacial score (nSPS) is 11.7. The summed E-state index contributed by atoms with van der Waals surface area (Å²) in [4.78, 5) is 70.8. The molecule has 382 valence electrons. The standard InChI is InChI=1S/C50H59N3O18/c1-28-33-15-14-32(51-49(58)53(4)17-19-69-46(55)30-22-37(61-7)43(66-12)38(23-30)62-8)26-34(33)70-48(57)41(28)50(2,71-47(56)31-24-39(63-9)44(67-13)40(25-31)64-10)27-52(3)16-18-68-45(54)29-20-35(59-5)42(65-11)36(21-29)60-6/h14-15,20-26H,16-19,27H2,1-13H3,(H,51,58). The van der Waals surface area contributed by atoms with Gasteiger partial charge in [0, 0.05) is 37.3 Å². The summed E-state index contributed by atoms with van der Waals surface area (Å²) < 4.78 is 71.7. The fourth-order valence-electron chi connectivity index (χ4n) is 7.72. The molecule has 5 aromatic rings. The Labute approximate surface area is 410 Å². The van der Waals surface area contributed by atoms with E-state index in [2.05, 4.69) is 5.32 Å². The van der Waals surface area contributed by atoms with Crippen molar-refractivity contribution in [1.82, 2.24) is 9.80 Å². The van der Waals surface area contributed by atoms with Crippen LogP contribution in [-0.2, 0) is 19.8 Å². The molecule has 5 rings (SSSR count). The maximum absolute atomic E-state index is 14.2. The van der Waals surface area contributed by atoms with E-state index in [1.54, 1.807) is 37.9 Å². The predicted octanol–water partition coefficient (Wildman–Crippen LogP) is 6.36. The van der Waals surface area contributed by atoms with Gasteiger partial charge >= 0.3 is 29.6 Å². The Hall–Kier alpha value is -8.07. The number of fused-ring (bicyclic) bond motifs is 1. The molecule has 1 N–H and O–H groups in total. The molecule has 0 spiro atoms. The van der Waals surface area contributed by atoms with Crippen molar-refractivity contribution in [3.63, 3.8) is 0 Å². The van der Waals surface area contributed by atoms with Gasteiger partial charge in [0.25, 0.3) is 0 Å². The molecule has 1 atom stereocenters. The van der Waals surface area contributed by atoms with Gasteiger partial charge in [0.05, 0.1) is 92.8 Å². The van der Waals surface area contributed by atoms with Crippen molar-refractivity contribution < 1.29 is 80.4 Å². The van der Waals surface area contributed by atoms with E-state index in [0.717, 1.165) is 0 Å². The van der Waals surface area contributed by atoms with Gasteiger partial charge in [-0.25, -0.2) is 24.0 Å². The molecule has 0 aliphatic carbocycles. The number of amides is 2. The van der Waals surface area contributed by atoms with Gasteiger partial charge in [-0.05, 0) is 75.0 Å². The van der Waals surface area contributed by atoms with E-state index in [1.165, 1.54) is 118 Å². The van der Waals surface area contributed by atoms with Crippen LogP contribution < -0.4 is 53.6 Å². The van der Waals surface area contributed by atoms with Gasteiger partial charge in [-0.1, -0.05) is 0 Å². The Morgan fingerprint density at radius 2 is 0.986 bits per heavy atom. The monoisotopic (exact) mass is 989 g/mol. The number of nitrogens with one attached hydrogen (secondary N) is 1. The molecule has 21 nitrogen and oxygen atoms in total. The summed E-state index contributed by atoms with van der Waals surface area (Å²) in [5.41, 5.74) is -1.36. The van der Waals surface area contributed by atoms with Gasteiger partial charge in [-0.2, -0.15) is 0 Å². The second-order valence-electron chi connectivity index (χ2n) is 15.8. The number of hydrogen-bond donors (Lipinski definition) is 1. The lowest BCUT2D eigenvalue weighted by atomic mass is 9.90. The van der Waals surface area contributed by atoms with Crippen molar-refractivity contribution >= 4 is 40.6 Å². The van der Waals surface area contributed by atoms with Crippen LogP contribution in [0.5, 0.6) is 51.7 Å². The number of esters is 3. The maximum atomic E-state index is 14.2. The summed E-state index contributed by atoms with van der Waals surface area (Å²) in [6.07, 6.45) is 0. The fourth-order valence-corrected chi connectivity index (χ4v) is 7.72. The Balaban J connectivity index is 1.37. The number of benzene rings is 4. The lowest BCUT2D eigenvalue weighted by Gasteiger charge is -2.34. The highest BCUT2D eigenvalue weighted by molar-refractivity contribution is 5.94. The number of rotatable bonds is 23. The van der Waals surface area contributed by atoms with Gasteiger partial charge in [0.15, 0.2) is 40.1 Å². The second kappa shape index (κ2) is 24.0. The summed E-state index contributed by atoms with van der Waals surface area (Å²) in [6, 6.07) is 12.9. The Morgan fingerprint density at radius 1 is 0.577 bits per heavy atom. The molecule has 2 amide bonds. The van der Waals surface area contributed by atoms with Crippen molar-refractivity contribution in [3.05, 3.63) is 92.8 Å². The molecule has 0 saturated carbocycles. The number of urea groups is 1. The number of methoxy groups -OCH3 is 9. The molecule has 1 aromatic heterocycles. The van der Waals surface area contributed by atoms with Crippen LogP contribution in [0.15, 0.2) is 63.8 Å². The van der Waals surface area contributed by atoms with Crippen LogP contribution >= 0.6 is 0 Å². The Bertz CT molecular complexity index is 2730. The molecule has 1 heterocycles. The molecule has 0 saturated heterocycles. The minimum atomic E-state index is -1.71. The summed E-state index contributed by atoms with van der Waals surface area (Å²) >= 11 is 0. The molecule has 1 unspecified atom stereocenters. The quantitative estimate of drug-likeness (QED) is 0.0426. The van der Waals surface area contributed by atoms with Crippen molar-refractivity contribution in [2.45, 2.75) is 19.4 Å². The Kier molecular flexibility index (Phi) is 18.2. The van der Waals surface area contributed by atoms with E-state index in [9.17, 15) is 24.0 Å². The van der Waals surface area contributed by atoms with Gasteiger partial charge in [0.1, 0.15) is 18.8 Å². The highest BCUT2D eigenvalue weighted by Crippen LogP contribution is 2.41. The maximum Gasteiger partial charge on any atom is 0.343 e. The minimum Gasteiger partial charge on any atom is -0.493 e. The van der Waals surface area contributed by atoms with Gasteiger partial charge in [0.2, 0.25) is 17.2 Å². The van der Waals surface area contributed by atoms with Crippen LogP contribution in [-0.4, -0.2) is 145 Å². The third kappa shape index (κ3) is 12.2. The third-order valence-electron chi connectivity index (χ3n) is 11.3. The number of hydrogen-bond acceptors (Lipinski definition) is 19. The largest absolute Gasteiger partial charge is 0.493 e. The Morgan fingerprint density at radius 3 is 1.39 bits per heavy atom. The minimum absolute atomic E-state index is 0.0182. The average molecular weight is 990 g/mol. The fraction of sp³-hybridized carbons (Fsp3) is 0.380. The van der Waals surface area contributed by atoms with Crippen molar-refractivity contribution in [2.75, 3.05) is 116 Å². The summed E-state index contributed by atoms with van der Waals surface area (Å²) in [7, 11) is 16.0. The van der Waals surface area contributed by atoms with Crippen molar-refractivity contribution in [2.24, 2.45) is 0 Å². The number of carbonyl (C=O) groups is 4. The second-order valence-corrected chi connectivity index (χ2v) is 15.8. The topological polar surface area (TPSA) is 228 Å². The lowest BCUT2D eigenvalue weighted by Crippen LogP contribution is -2.45. The zero-order chi connectivity index (χ0) is 52.2.